The summed E-state index contributed by atoms with van der Waals surface area (Å²) >= 11 is 1.49. The van der Waals surface area contributed by atoms with Crippen LogP contribution in [0.15, 0.2) is 48.1 Å². The molecule has 2 heterocycles. The SMILES string of the molecule is O=C(CC1CCc2ccccc21)NCc1csc(-c2ncccn2)n1. The molecule has 1 aliphatic carbocycles. The molecule has 25 heavy (non-hydrogen) atoms. The van der Waals surface area contributed by atoms with Crippen molar-refractivity contribution in [2.45, 2.75) is 31.7 Å². The number of carbonyl (C=O) groups excluding carboxylic acids is 1. The zero-order valence-corrected chi connectivity index (χ0v) is 14.5. The molecular formula is C19H18N4OS. The van der Waals surface area contributed by atoms with Gasteiger partial charge in [-0.2, -0.15) is 0 Å². The van der Waals surface area contributed by atoms with E-state index in [4.69, 9.17) is 0 Å². The molecule has 0 aliphatic heterocycles. The van der Waals surface area contributed by atoms with Gasteiger partial charge in [0.1, 0.15) is 0 Å². The van der Waals surface area contributed by atoms with Gasteiger partial charge in [0.2, 0.25) is 5.91 Å². The Kier molecular flexibility index (Phi) is 4.52. The zero-order chi connectivity index (χ0) is 17.1. The molecule has 1 atom stereocenters. The van der Waals surface area contributed by atoms with Crippen LogP contribution >= 0.6 is 11.3 Å². The monoisotopic (exact) mass is 350 g/mol. The van der Waals surface area contributed by atoms with E-state index in [-0.39, 0.29) is 5.91 Å². The number of nitrogens with zero attached hydrogens (tertiary/aromatic N) is 3. The quantitative estimate of drug-likeness (QED) is 0.766. The summed E-state index contributed by atoms with van der Waals surface area (Å²) in [6.07, 6.45) is 6.06. The van der Waals surface area contributed by atoms with E-state index in [9.17, 15) is 4.79 Å². The van der Waals surface area contributed by atoms with Crippen LogP contribution in [0.3, 0.4) is 0 Å². The molecule has 6 heteroatoms. The van der Waals surface area contributed by atoms with Crippen molar-refractivity contribution in [1.29, 1.82) is 0 Å². The predicted molar refractivity (Wildman–Crippen MR) is 97.1 cm³/mol. The molecule has 0 saturated carbocycles. The Morgan fingerprint density at radius 3 is 2.92 bits per heavy atom. The number of thiazole rings is 1. The van der Waals surface area contributed by atoms with E-state index in [1.807, 2.05) is 5.38 Å². The molecule has 1 unspecified atom stereocenters. The second-order valence-corrected chi connectivity index (χ2v) is 6.99. The number of hydrogen-bond donors (Lipinski definition) is 1. The lowest BCUT2D eigenvalue weighted by Crippen LogP contribution is -2.24. The Hall–Kier alpha value is -2.60. The normalized spacial score (nSPS) is 15.8. The van der Waals surface area contributed by atoms with Crippen molar-refractivity contribution in [2.24, 2.45) is 0 Å². The molecule has 126 valence electrons. The maximum atomic E-state index is 12.3. The summed E-state index contributed by atoms with van der Waals surface area (Å²) in [5, 5.41) is 5.70. The smallest absolute Gasteiger partial charge is 0.220 e. The lowest BCUT2D eigenvalue weighted by molar-refractivity contribution is -0.121. The van der Waals surface area contributed by atoms with E-state index >= 15 is 0 Å². The number of rotatable bonds is 5. The Bertz CT molecular complexity index is 878. The van der Waals surface area contributed by atoms with Crippen LogP contribution in [-0.2, 0) is 17.8 Å². The zero-order valence-electron chi connectivity index (χ0n) is 13.7. The highest BCUT2D eigenvalue weighted by Crippen LogP contribution is 2.35. The maximum absolute atomic E-state index is 12.3. The minimum Gasteiger partial charge on any atom is -0.350 e. The summed E-state index contributed by atoms with van der Waals surface area (Å²) in [5.74, 6) is 1.03. The number of hydrogen-bond acceptors (Lipinski definition) is 5. The van der Waals surface area contributed by atoms with E-state index in [2.05, 4.69) is 44.5 Å². The van der Waals surface area contributed by atoms with Gasteiger partial charge < -0.3 is 5.32 Å². The first-order valence-corrected chi connectivity index (χ1v) is 9.24. The van der Waals surface area contributed by atoms with Crippen molar-refractivity contribution in [3.05, 3.63) is 64.9 Å². The minimum absolute atomic E-state index is 0.0761. The van der Waals surface area contributed by atoms with E-state index in [1.165, 1.54) is 22.5 Å². The van der Waals surface area contributed by atoms with Gasteiger partial charge in [0.15, 0.2) is 10.8 Å². The average Bonchev–Trinajstić information content (AvgIpc) is 3.28. The first kappa shape index (κ1) is 15.9. The first-order valence-electron chi connectivity index (χ1n) is 8.36. The fourth-order valence-corrected chi connectivity index (χ4v) is 4.01. The molecule has 1 amide bonds. The van der Waals surface area contributed by atoms with Crippen LogP contribution in [0.1, 0.15) is 35.6 Å². The Balaban J connectivity index is 1.33. The molecule has 2 aromatic heterocycles. The lowest BCUT2D eigenvalue weighted by Gasteiger charge is -2.11. The van der Waals surface area contributed by atoms with Crippen LogP contribution in [0, 0.1) is 0 Å². The molecule has 1 aromatic carbocycles. The molecule has 1 N–H and O–H groups in total. The molecule has 3 aromatic rings. The number of aromatic nitrogens is 3. The molecule has 5 nitrogen and oxygen atoms in total. The number of aryl methyl sites for hydroxylation is 1. The Labute approximate surface area is 150 Å². The number of carbonyl (C=O) groups is 1. The molecule has 0 spiro atoms. The number of fused-ring (bicyclic) bond motifs is 1. The van der Waals surface area contributed by atoms with Gasteiger partial charge in [0, 0.05) is 24.2 Å². The van der Waals surface area contributed by atoms with Gasteiger partial charge >= 0.3 is 0 Å². The highest BCUT2D eigenvalue weighted by atomic mass is 32.1. The molecule has 1 aliphatic rings. The predicted octanol–water partition coefficient (Wildman–Crippen LogP) is 3.34. The number of amides is 1. The van der Waals surface area contributed by atoms with Crippen molar-refractivity contribution >= 4 is 17.2 Å². The number of benzene rings is 1. The van der Waals surface area contributed by atoms with Crippen LogP contribution in [-0.4, -0.2) is 20.9 Å². The van der Waals surface area contributed by atoms with Crippen molar-refractivity contribution in [1.82, 2.24) is 20.3 Å². The van der Waals surface area contributed by atoms with Crippen molar-refractivity contribution < 1.29 is 4.79 Å². The van der Waals surface area contributed by atoms with Gasteiger partial charge in [-0.3, -0.25) is 4.79 Å². The Morgan fingerprint density at radius 1 is 1.20 bits per heavy atom. The fraction of sp³-hybridized carbons (Fsp3) is 0.263. The van der Waals surface area contributed by atoms with E-state index in [0.29, 0.717) is 24.7 Å². The molecule has 0 radical (unpaired) electrons. The second-order valence-electron chi connectivity index (χ2n) is 6.13. The summed E-state index contributed by atoms with van der Waals surface area (Å²) in [6, 6.07) is 10.2. The maximum Gasteiger partial charge on any atom is 0.220 e. The third-order valence-corrected chi connectivity index (χ3v) is 5.35. The molecule has 0 saturated heterocycles. The number of nitrogens with one attached hydrogen (secondary N) is 1. The molecule has 0 fully saturated rings. The average molecular weight is 350 g/mol. The third-order valence-electron chi connectivity index (χ3n) is 4.46. The largest absolute Gasteiger partial charge is 0.350 e. The third kappa shape index (κ3) is 3.58. The van der Waals surface area contributed by atoms with Gasteiger partial charge in [-0.15, -0.1) is 11.3 Å². The summed E-state index contributed by atoms with van der Waals surface area (Å²) in [4.78, 5) is 25.2. The summed E-state index contributed by atoms with van der Waals surface area (Å²) in [5.41, 5.74) is 3.55. The summed E-state index contributed by atoms with van der Waals surface area (Å²) in [7, 11) is 0. The van der Waals surface area contributed by atoms with Gasteiger partial charge in [-0.25, -0.2) is 15.0 Å². The van der Waals surface area contributed by atoms with Crippen LogP contribution in [0.5, 0.6) is 0 Å². The molecule has 0 bridgehead atoms. The standard InChI is InChI=1S/C19H18N4OS/c24-17(10-14-7-6-13-4-1-2-5-16(13)14)22-11-15-12-25-19(23-15)18-20-8-3-9-21-18/h1-5,8-9,12,14H,6-7,10-11H2,(H,22,24). The van der Waals surface area contributed by atoms with E-state index < -0.39 is 0 Å². The van der Waals surface area contributed by atoms with Crippen molar-refractivity contribution in [2.75, 3.05) is 0 Å². The molecular weight excluding hydrogens is 332 g/mol. The highest BCUT2D eigenvalue weighted by molar-refractivity contribution is 7.13. The van der Waals surface area contributed by atoms with Gasteiger partial charge in [-0.1, -0.05) is 24.3 Å². The van der Waals surface area contributed by atoms with Crippen molar-refractivity contribution in [3.8, 4) is 10.8 Å². The van der Waals surface area contributed by atoms with Crippen LogP contribution in [0.2, 0.25) is 0 Å². The second kappa shape index (κ2) is 7.11. The van der Waals surface area contributed by atoms with Gasteiger partial charge in [0.25, 0.3) is 0 Å². The van der Waals surface area contributed by atoms with Gasteiger partial charge in [-0.05, 0) is 36.0 Å². The highest BCUT2D eigenvalue weighted by Gasteiger charge is 2.24. The first-order chi connectivity index (χ1) is 12.3. The van der Waals surface area contributed by atoms with E-state index in [1.54, 1.807) is 18.5 Å². The molecule has 4 rings (SSSR count). The van der Waals surface area contributed by atoms with Crippen LogP contribution in [0.4, 0.5) is 0 Å². The summed E-state index contributed by atoms with van der Waals surface area (Å²) < 4.78 is 0. The summed E-state index contributed by atoms with van der Waals surface area (Å²) in [6.45, 7) is 0.441. The van der Waals surface area contributed by atoms with E-state index in [0.717, 1.165) is 23.5 Å². The van der Waals surface area contributed by atoms with Crippen LogP contribution < -0.4 is 5.32 Å². The Morgan fingerprint density at radius 2 is 2.04 bits per heavy atom. The minimum atomic E-state index is 0.0761. The van der Waals surface area contributed by atoms with Crippen molar-refractivity contribution in [3.63, 3.8) is 0 Å². The lowest BCUT2D eigenvalue weighted by atomic mass is 9.97. The fourth-order valence-electron chi connectivity index (χ4n) is 3.24. The van der Waals surface area contributed by atoms with Gasteiger partial charge in [0.05, 0.1) is 12.2 Å². The topological polar surface area (TPSA) is 67.8 Å². The van der Waals surface area contributed by atoms with Crippen LogP contribution in [0.25, 0.3) is 10.8 Å².